The van der Waals surface area contributed by atoms with Crippen LogP contribution in [0.3, 0.4) is 0 Å². The Morgan fingerprint density at radius 1 is 1.28 bits per heavy atom. The third-order valence-corrected chi connectivity index (χ3v) is 4.10. The van der Waals surface area contributed by atoms with Gasteiger partial charge in [-0.3, -0.25) is 0 Å². The maximum Gasteiger partial charge on any atom is 0.240 e. The van der Waals surface area contributed by atoms with Crippen LogP contribution in [0.15, 0.2) is 17.0 Å². The Kier molecular flexibility index (Phi) is 5.13. The lowest BCUT2D eigenvalue weighted by Gasteiger charge is -2.13. The van der Waals surface area contributed by atoms with E-state index >= 15 is 0 Å². The highest BCUT2D eigenvalue weighted by atomic mass is 32.2. The van der Waals surface area contributed by atoms with Crippen LogP contribution in [0.25, 0.3) is 0 Å². The van der Waals surface area contributed by atoms with Gasteiger partial charge >= 0.3 is 0 Å². The van der Waals surface area contributed by atoms with Gasteiger partial charge in [0.1, 0.15) is 5.75 Å². The van der Waals surface area contributed by atoms with Crippen molar-refractivity contribution in [3.8, 4) is 5.75 Å². The second-order valence-corrected chi connectivity index (χ2v) is 5.74. The lowest BCUT2D eigenvalue weighted by molar-refractivity contribution is 0.337. The molecule has 0 saturated carbocycles. The van der Waals surface area contributed by atoms with Crippen molar-refractivity contribution in [1.29, 1.82) is 0 Å². The molecule has 0 aliphatic rings. The van der Waals surface area contributed by atoms with Gasteiger partial charge in [-0.05, 0) is 44.0 Å². The number of aryl methyl sites for hydroxylation is 2. The van der Waals surface area contributed by atoms with Crippen LogP contribution in [0.2, 0.25) is 0 Å². The summed E-state index contributed by atoms with van der Waals surface area (Å²) in [6.45, 7) is 6.52. The van der Waals surface area contributed by atoms with Crippen LogP contribution in [0.1, 0.15) is 18.1 Å². The predicted molar refractivity (Wildman–Crippen MR) is 71.3 cm³/mol. The fourth-order valence-corrected chi connectivity index (χ4v) is 2.99. The molecule has 0 unspecified atom stereocenters. The van der Waals surface area contributed by atoms with E-state index in [9.17, 15) is 8.42 Å². The normalized spacial score (nSPS) is 11.6. The maximum absolute atomic E-state index is 12.0. The quantitative estimate of drug-likeness (QED) is 0.807. The molecule has 5 nitrogen and oxygen atoms in total. The Hall–Kier alpha value is -1.11. The van der Waals surface area contributed by atoms with Gasteiger partial charge in [-0.15, -0.1) is 0 Å². The topological polar surface area (TPSA) is 81.4 Å². The molecule has 0 aromatic heterocycles. The number of nitrogens with two attached hydrogens (primary N) is 1. The van der Waals surface area contributed by atoms with E-state index in [1.165, 1.54) is 0 Å². The summed E-state index contributed by atoms with van der Waals surface area (Å²) in [6.07, 6.45) is 0. The summed E-state index contributed by atoms with van der Waals surface area (Å²) < 4.78 is 31.9. The molecule has 0 heterocycles. The van der Waals surface area contributed by atoms with E-state index in [4.69, 9.17) is 10.5 Å². The van der Waals surface area contributed by atoms with E-state index in [2.05, 4.69) is 4.72 Å². The molecule has 1 aromatic carbocycles. The molecule has 1 aromatic rings. The molecule has 6 heteroatoms. The fraction of sp³-hybridized carbons (Fsp3) is 0.500. The minimum absolute atomic E-state index is 0.230. The smallest absolute Gasteiger partial charge is 0.240 e. The third kappa shape index (κ3) is 3.44. The summed E-state index contributed by atoms with van der Waals surface area (Å²) in [5.74, 6) is 0.716. The van der Waals surface area contributed by atoms with Gasteiger partial charge in [0.2, 0.25) is 10.0 Å². The zero-order chi connectivity index (χ0) is 13.8. The molecule has 3 N–H and O–H groups in total. The highest BCUT2D eigenvalue weighted by molar-refractivity contribution is 7.89. The van der Waals surface area contributed by atoms with Crippen molar-refractivity contribution in [3.05, 3.63) is 23.3 Å². The zero-order valence-corrected chi connectivity index (χ0v) is 11.8. The van der Waals surface area contributed by atoms with Crippen LogP contribution < -0.4 is 15.2 Å². The minimum Gasteiger partial charge on any atom is -0.494 e. The third-order valence-electron chi connectivity index (χ3n) is 2.50. The number of nitrogens with one attached hydrogen (secondary N) is 1. The van der Waals surface area contributed by atoms with E-state index in [0.29, 0.717) is 17.9 Å². The summed E-state index contributed by atoms with van der Waals surface area (Å²) in [4.78, 5) is 0.275. The molecule has 0 amide bonds. The van der Waals surface area contributed by atoms with Crippen LogP contribution in [-0.4, -0.2) is 28.1 Å². The average Bonchev–Trinajstić information content (AvgIpc) is 2.31. The second kappa shape index (κ2) is 6.17. The monoisotopic (exact) mass is 272 g/mol. The number of hydrogen-bond acceptors (Lipinski definition) is 4. The second-order valence-electron chi connectivity index (χ2n) is 4.00. The Labute approximate surface area is 108 Å². The fourth-order valence-electron chi connectivity index (χ4n) is 1.63. The molecule has 0 atom stereocenters. The SMILES string of the molecule is CCOc1cc(C)c(S(=O)(=O)NCCN)cc1C. The van der Waals surface area contributed by atoms with Gasteiger partial charge in [0, 0.05) is 13.1 Å². The van der Waals surface area contributed by atoms with E-state index in [-0.39, 0.29) is 18.0 Å². The van der Waals surface area contributed by atoms with Crippen LogP contribution in [-0.2, 0) is 10.0 Å². The predicted octanol–water partition coefficient (Wildman–Crippen LogP) is 0.939. The van der Waals surface area contributed by atoms with Crippen molar-refractivity contribution in [2.75, 3.05) is 19.7 Å². The van der Waals surface area contributed by atoms with Crippen molar-refractivity contribution in [3.63, 3.8) is 0 Å². The molecule has 0 bridgehead atoms. The first kappa shape index (κ1) is 14.9. The molecular formula is C12H20N2O3S. The first-order valence-corrected chi connectivity index (χ1v) is 7.34. The van der Waals surface area contributed by atoms with E-state index in [1.807, 2.05) is 13.8 Å². The van der Waals surface area contributed by atoms with Crippen molar-refractivity contribution < 1.29 is 13.2 Å². The first-order valence-electron chi connectivity index (χ1n) is 5.86. The summed E-state index contributed by atoms with van der Waals surface area (Å²) in [5, 5.41) is 0. The highest BCUT2D eigenvalue weighted by Gasteiger charge is 2.17. The van der Waals surface area contributed by atoms with Gasteiger partial charge in [-0.2, -0.15) is 0 Å². The zero-order valence-electron chi connectivity index (χ0n) is 11.0. The molecule has 18 heavy (non-hydrogen) atoms. The van der Waals surface area contributed by atoms with Crippen molar-refractivity contribution in [2.24, 2.45) is 5.73 Å². The van der Waals surface area contributed by atoms with Gasteiger partial charge in [0.15, 0.2) is 0 Å². The molecular weight excluding hydrogens is 252 g/mol. The molecule has 0 saturated heterocycles. The first-order chi connectivity index (χ1) is 8.42. The largest absolute Gasteiger partial charge is 0.494 e. The lowest BCUT2D eigenvalue weighted by Crippen LogP contribution is -2.29. The highest BCUT2D eigenvalue weighted by Crippen LogP contribution is 2.25. The molecule has 102 valence electrons. The lowest BCUT2D eigenvalue weighted by atomic mass is 10.1. The molecule has 0 fully saturated rings. The van der Waals surface area contributed by atoms with Crippen LogP contribution >= 0.6 is 0 Å². The standard InChI is InChI=1S/C12H20N2O3S/c1-4-17-11-7-10(3)12(8-9(11)2)18(15,16)14-6-5-13/h7-8,14H,4-6,13H2,1-3H3. The molecule has 0 aliphatic carbocycles. The van der Waals surface area contributed by atoms with Gasteiger partial charge in [0.25, 0.3) is 0 Å². The molecule has 1 rings (SSSR count). The number of sulfonamides is 1. The summed E-state index contributed by atoms with van der Waals surface area (Å²) >= 11 is 0. The van der Waals surface area contributed by atoms with Gasteiger partial charge in [0.05, 0.1) is 11.5 Å². The molecule has 0 spiro atoms. The Morgan fingerprint density at radius 2 is 1.94 bits per heavy atom. The van der Waals surface area contributed by atoms with Crippen LogP contribution in [0.4, 0.5) is 0 Å². The maximum atomic E-state index is 12.0. The van der Waals surface area contributed by atoms with Crippen LogP contribution in [0, 0.1) is 13.8 Å². The Morgan fingerprint density at radius 3 is 2.50 bits per heavy atom. The average molecular weight is 272 g/mol. The number of rotatable bonds is 6. The summed E-state index contributed by atoms with van der Waals surface area (Å²) in [7, 11) is -3.49. The molecule has 0 aliphatic heterocycles. The number of benzene rings is 1. The van der Waals surface area contributed by atoms with Gasteiger partial charge in [-0.1, -0.05) is 0 Å². The number of hydrogen-bond donors (Lipinski definition) is 2. The summed E-state index contributed by atoms with van der Waals surface area (Å²) in [5.41, 5.74) is 6.76. The summed E-state index contributed by atoms with van der Waals surface area (Å²) in [6, 6.07) is 3.37. The van der Waals surface area contributed by atoms with Crippen molar-refractivity contribution in [1.82, 2.24) is 4.72 Å². The van der Waals surface area contributed by atoms with E-state index in [1.54, 1.807) is 19.1 Å². The Balaban J connectivity index is 3.15. The van der Waals surface area contributed by atoms with E-state index in [0.717, 1.165) is 5.56 Å². The Bertz CT molecular complexity index is 512. The number of ether oxygens (including phenoxy) is 1. The van der Waals surface area contributed by atoms with E-state index < -0.39 is 10.0 Å². The molecule has 0 radical (unpaired) electrons. The minimum atomic E-state index is -3.49. The van der Waals surface area contributed by atoms with Crippen molar-refractivity contribution in [2.45, 2.75) is 25.7 Å². The van der Waals surface area contributed by atoms with Gasteiger partial charge < -0.3 is 10.5 Å². The van der Waals surface area contributed by atoms with Crippen molar-refractivity contribution >= 4 is 10.0 Å². The van der Waals surface area contributed by atoms with Crippen LogP contribution in [0.5, 0.6) is 5.75 Å². The van der Waals surface area contributed by atoms with Gasteiger partial charge in [-0.25, -0.2) is 13.1 Å².